The van der Waals surface area contributed by atoms with Crippen LogP contribution < -0.4 is 10.2 Å². The second-order valence-corrected chi connectivity index (χ2v) is 6.05. The van der Waals surface area contributed by atoms with Gasteiger partial charge in [0.1, 0.15) is 6.54 Å². The average Bonchev–Trinajstić information content (AvgIpc) is 2.42. The molecule has 21 heavy (non-hydrogen) atoms. The van der Waals surface area contributed by atoms with Crippen molar-refractivity contribution in [3.63, 3.8) is 0 Å². The quantitative estimate of drug-likeness (QED) is 0.806. The molecule has 1 unspecified atom stereocenters. The lowest BCUT2D eigenvalue weighted by Gasteiger charge is -2.22. The summed E-state index contributed by atoms with van der Waals surface area (Å²) in [6.45, 7) is 2.11. The maximum Gasteiger partial charge on any atom is 0.323 e. The highest BCUT2D eigenvalue weighted by atomic mass is 35.5. The topological polar surface area (TPSA) is 69.6 Å². The Morgan fingerprint density at radius 2 is 2.19 bits per heavy atom. The zero-order chi connectivity index (χ0) is 15.8. The van der Waals surface area contributed by atoms with Crippen LogP contribution in [-0.4, -0.2) is 42.2 Å². The number of carboxylic acids is 1. The highest BCUT2D eigenvalue weighted by Gasteiger charge is 2.19. The van der Waals surface area contributed by atoms with E-state index in [2.05, 4.69) is 5.32 Å². The van der Waals surface area contributed by atoms with Crippen LogP contribution in [0, 0.1) is 5.92 Å². The van der Waals surface area contributed by atoms with E-state index in [9.17, 15) is 9.59 Å². The molecule has 1 aromatic rings. The first kappa shape index (κ1) is 17.7. The maximum absolute atomic E-state index is 12.2. The number of rotatable bonds is 7. The summed E-state index contributed by atoms with van der Waals surface area (Å²) in [5.41, 5.74) is 0.458. The molecule has 7 heteroatoms. The Labute approximate surface area is 133 Å². The minimum atomic E-state index is -1.08. The normalized spacial score (nSPS) is 11.8. The van der Waals surface area contributed by atoms with E-state index in [1.807, 2.05) is 13.2 Å². The molecule has 0 saturated heterocycles. The molecule has 0 fully saturated rings. The first-order valence-electron chi connectivity index (χ1n) is 6.45. The van der Waals surface area contributed by atoms with Crippen molar-refractivity contribution in [1.29, 1.82) is 0 Å². The van der Waals surface area contributed by atoms with Crippen LogP contribution in [0.4, 0.5) is 10.5 Å². The van der Waals surface area contributed by atoms with Gasteiger partial charge in [0.2, 0.25) is 0 Å². The molecule has 0 radical (unpaired) electrons. The van der Waals surface area contributed by atoms with Crippen molar-refractivity contribution >= 4 is 41.1 Å². The largest absolute Gasteiger partial charge is 0.480 e. The second kappa shape index (κ2) is 8.79. The Morgan fingerprint density at radius 3 is 2.76 bits per heavy atom. The van der Waals surface area contributed by atoms with Crippen molar-refractivity contribution < 1.29 is 14.7 Å². The number of amides is 2. The molecule has 1 atom stereocenters. The van der Waals surface area contributed by atoms with Crippen molar-refractivity contribution in [2.75, 3.05) is 30.0 Å². The molecular weight excluding hydrogens is 312 g/mol. The summed E-state index contributed by atoms with van der Waals surface area (Å²) < 4.78 is 0. The van der Waals surface area contributed by atoms with Gasteiger partial charge in [-0.15, -0.1) is 0 Å². The second-order valence-electron chi connectivity index (χ2n) is 4.71. The molecule has 0 spiro atoms. The minimum absolute atomic E-state index is 0.315. The SMILES string of the molecule is CSCC(C)CNC(=O)N(CC(=O)O)c1cccc(Cl)c1. The van der Waals surface area contributed by atoms with Crippen LogP contribution >= 0.6 is 23.4 Å². The van der Waals surface area contributed by atoms with Gasteiger partial charge in [0.25, 0.3) is 0 Å². The summed E-state index contributed by atoms with van der Waals surface area (Å²) in [7, 11) is 0. The minimum Gasteiger partial charge on any atom is -0.480 e. The van der Waals surface area contributed by atoms with Crippen LogP contribution in [0.25, 0.3) is 0 Å². The number of carbonyl (C=O) groups excluding carboxylic acids is 1. The van der Waals surface area contributed by atoms with Gasteiger partial charge in [0.05, 0.1) is 0 Å². The lowest BCUT2D eigenvalue weighted by atomic mass is 10.2. The van der Waals surface area contributed by atoms with E-state index < -0.39 is 18.5 Å². The number of thioether (sulfide) groups is 1. The third-order valence-corrected chi connectivity index (χ3v) is 3.85. The van der Waals surface area contributed by atoms with E-state index in [1.54, 1.807) is 36.0 Å². The molecule has 0 bridgehead atoms. The molecule has 5 nitrogen and oxygen atoms in total. The number of benzene rings is 1. The van der Waals surface area contributed by atoms with E-state index in [4.69, 9.17) is 16.7 Å². The van der Waals surface area contributed by atoms with Gasteiger partial charge in [0.15, 0.2) is 0 Å². The van der Waals surface area contributed by atoms with Gasteiger partial charge in [-0.3, -0.25) is 9.69 Å². The number of urea groups is 1. The van der Waals surface area contributed by atoms with Gasteiger partial charge in [-0.05, 0) is 36.1 Å². The lowest BCUT2D eigenvalue weighted by molar-refractivity contribution is -0.135. The van der Waals surface area contributed by atoms with Crippen molar-refractivity contribution in [2.45, 2.75) is 6.92 Å². The fourth-order valence-corrected chi connectivity index (χ4v) is 2.63. The highest BCUT2D eigenvalue weighted by Crippen LogP contribution is 2.19. The molecule has 116 valence electrons. The van der Waals surface area contributed by atoms with Crippen LogP contribution in [0.5, 0.6) is 0 Å². The summed E-state index contributed by atoms with van der Waals surface area (Å²) in [4.78, 5) is 24.3. The van der Waals surface area contributed by atoms with Crippen LogP contribution in [0.3, 0.4) is 0 Å². The summed E-state index contributed by atoms with van der Waals surface area (Å²) in [6.07, 6.45) is 2.00. The lowest BCUT2D eigenvalue weighted by Crippen LogP contribution is -2.44. The third kappa shape index (κ3) is 6.27. The van der Waals surface area contributed by atoms with E-state index in [0.717, 1.165) is 5.75 Å². The summed E-state index contributed by atoms with van der Waals surface area (Å²) >= 11 is 7.59. The highest BCUT2D eigenvalue weighted by molar-refractivity contribution is 7.98. The predicted octanol–water partition coefficient (Wildman–Crippen LogP) is 2.94. The Bertz CT molecular complexity index is 499. The molecule has 2 amide bonds. The molecule has 2 N–H and O–H groups in total. The van der Waals surface area contributed by atoms with Crippen LogP contribution in [0.2, 0.25) is 5.02 Å². The van der Waals surface area contributed by atoms with Crippen molar-refractivity contribution in [3.8, 4) is 0 Å². The number of halogens is 1. The molecule has 0 aromatic heterocycles. The molecule has 0 heterocycles. The van der Waals surface area contributed by atoms with E-state index in [-0.39, 0.29) is 0 Å². The number of carbonyl (C=O) groups is 2. The zero-order valence-electron chi connectivity index (χ0n) is 12.0. The Hall–Kier alpha value is -1.40. The fraction of sp³-hybridized carbons (Fsp3) is 0.429. The Morgan fingerprint density at radius 1 is 1.48 bits per heavy atom. The number of nitrogens with zero attached hydrogens (tertiary/aromatic N) is 1. The number of carboxylic acid groups (broad SMARTS) is 1. The van der Waals surface area contributed by atoms with Crippen molar-refractivity contribution in [2.24, 2.45) is 5.92 Å². The molecule has 1 rings (SSSR count). The Balaban J connectivity index is 2.77. The van der Waals surface area contributed by atoms with Crippen LogP contribution in [-0.2, 0) is 4.79 Å². The molecule has 0 aliphatic rings. The van der Waals surface area contributed by atoms with E-state index in [1.165, 1.54) is 4.90 Å². The summed E-state index contributed by atoms with van der Waals surface area (Å²) in [5, 5.41) is 12.2. The van der Waals surface area contributed by atoms with Gasteiger partial charge in [-0.1, -0.05) is 24.6 Å². The first-order valence-corrected chi connectivity index (χ1v) is 8.23. The first-order chi connectivity index (χ1) is 9.93. The van der Waals surface area contributed by atoms with Crippen molar-refractivity contribution in [3.05, 3.63) is 29.3 Å². The van der Waals surface area contributed by atoms with Crippen LogP contribution in [0.15, 0.2) is 24.3 Å². The van der Waals surface area contributed by atoms with Gasteiger partial charge in [-0.25, -0.2) is 4.79 Å². The number of anilines is 1. The molecule has 0 aliphatic carbocycles. The van der Waals surface area contributed by atoms with Gasteiger partial charge < -0.3 is 10.4 Å². The molecular formula is C14H19ClN2O3S. The summed E-state index contributed by atoms with van der Waals surface area (Å²) in [5.74, 6) is 0.161. The van der Waals surface area contributed by atoms with E-state index in [0.29, 0.717) is 23.2 Å². The van der Waals surface area contributed by atoms with Gasteiger partial charge in [0, 0.05) is 17.3 Å². The zero-order valence-corrected chi connectivity index (χ0v) is 13.6. The Kier molecular flexibility index (Phi) is 7.39. The molecule has 1 aromatic carbocycles. The summed E-state index contributed by atoms with van der Waals surface area (Å²) in [6, 6.07) is 6.13. The maximum atomic E-state index is 12.2. The monoisotopic (exact) mass is 330 g/mol. The smallest absolute Gasteiger partial charge is 0.323 e. The van der Waals surface area contributed by atoms with Crippen LogP contribution in [0.1, 0.15) is 6.92 Å². The predicted molar refractivity (Wildman–Crippen MR) is 87.4 cm³/mol. The number of hydrogen-bond acceptors (Lipinski definition) is 3. The number of aliphatic carboxylic acids is 1. The van der Waals surface area contributed by atoms with Gasteiger partial charge >= 0.3 is 12.0 Å². The fourth-order valence-electron chi connectivity index (χ4n) is 1.76. The van der Waals surface area contributed by atoms with Crippen molar-refractivity contribution in [1.82, 2.24) is 5.32 Å². The molecule has 0 aliphatic heterocycles. The molecule has 0 saturated carbocycles. The number of nitrogens with one attached hydrogen (secondary N) is 1. The number of hydrogen-bond donors (Lipinski definition) is 2. The average molecular weight is 331 g/mol. The van der Waals surface area contributed by atoms with Gasteiger partial charge in [-0.2, -0.15) is 11.8 Å². The standard InChI is InChI=1S/C14H19ClN2O3S/c1-10(9-21-2)7-16-14(20)17(8-13(18)19)12-5-3-4-11(15)6-12/h3-6,10H,7-9H2,1-2H3,(H,16,20)(H,18,19). The third-order valence-electron chi connectivity index (χ3n) is 2.71. The van der Waals surface area contributed by atoms with E-state index >= 15 is 0 Å².